The lowest BCUT2D eigenvalue weighted by Gasteiger charge is -2.19. The van der Waals surface area contributed by atoms with Crippen LogP contribution in [0.2, 0.25) is 0 Å². The summed E-state index contributed by atoms with van der Waals surface area (Å²) in [5.74, 6) is 0.647. The summed E-state index contributed by atoms with van der Waals surface area (Å²) in [6.45, 7) is 7.19. The number of rotatable bonds is 5. The Morgan fingerprint density at radius 2 is 1.83 bits per heavy atom. The van der Waals surface area contributed by atoms with Gasteiger partial charge < -0.3 is 9.80 Å². The van der Waals surface area contributed by atoms with Crippen LogP contribution in [0.3, 0.4) is 0 Å². The summed E-state index contributed by atoms with van der Waals surface area (Å²) in [4.78, 5) is 4.26. The molecular weight excluding hydrogens is 150 g/mol. The van der Waals surface area contributed by atoms with Crippen molar-refractivity contribution in [3.8, 4) is 0 Å². The van der Waals surface area contributed by atoms with Crippen molar-refractivity contribution in [1.29, 1.82) is 5.41 Å². The first-order valence-corrected chi connectivity index (χ1v) is 4.52. The second kappa shape index (κ2) is 6.00. The highest BCUT2D eigenvalue weighted by Crippen LogP contribution is 1.91. The zero-order chi connectivity index (χ0) is 9.56. The summed E-state index contributed by atoms with van der Waals surface area (Å²) in [6.07, 6.45) is 1.14. The smallest absolute Gasteiger partial charge is 0.0923 e. The van der Waals surface area contributed by atoms with Crippen LogP contribution in [-0.2, 0) is 0 Å². The van der Waals surface area contributed by atoms with Gasteiger partial charge in [0, 0.05) is 13.6 Å². The van der Waals surface area contributed by atoms with E-state index < -0.39 is 0 Å². The van der Waals surface area contributed by atoms with Gasteiger partial charge in [0.2, 0.25) is 0 Å². The van der Waals surface area contributed by atoms with Crippen molar-refractivity contribution in [2.75, 3.05) is 33.7 Å². The first-order chi connectivity index (χ1) is 5.57. The van der Waals surface area contributed by atoms with E-state index in [1.54, 1.807) is 0 Å². The molecule has 0 saturated heterocycles. The van der Waals surface area contributed by atoms with Gasteiger partial charge in [-0.15, -0.1) is 0 Å². The predicted octanol–water partition coefficient (Wildman–Crippen LogP) is 1.26. The molecule has 0 radical (unpaired) electrons. The van der Waals surface area contributed by atoms with Crippen molar-refractivity contribution >= 4 is 5.84 Å². The summed E-state index contributed by atoms with van der Waals surface area (Å²) in [6, 6.07) is 0. The van der Waals surface area contributed by atoms with E-state index in [0.29, 0.717) is 5.84 Å². The van der Waals surface area contributed by atoms with Crippen LogP contribution in [0, 0.1) is 5.41 Å². The molecule has 0 aromatic rings. The Kier molecular flexibility index (Phi) is 5.72. The maximum Gasteiger partial charge on any atom is 0.0923 e. The van der Waals surface area contributed by atoms with E-state index in [1.807, 2.05) is 18.9 Å². The van der Waals surface area contributed by atoms with Gasteiger partial charge in [-0.1, -0.05) is 6.92 Å². The van der Waals surface area contributed by atoms with Crippen LogP contribution in [-0.4, -0.2) is 49.4 Å². The number of nitrogens with zero attached hydrogens (tertiary/aromatic N) is 2. The van der Waals surface area contributed by atoms with Crippen molar-refractivity contribution in [1.82, 2.24) is 9.80 Å². The minimum Gasteiger partial charge on any atom is -0.364 e. The van der Waals surface area contributed by atoms with Crippen LogP contribution >= 0.6 is 0 Å². The molecule has 0 aliphatic heterocycles. The molecule has 0 heterocycles. The van der Waals surface area contributed by atoms with Crippen molar-refractivity contribution in [2.45, 2.75) is 20.3 Å². The minimum absolute atomic E-state index is 0.647. The molecule has 0 fully saturated rings. The molecule has 12 heavy (non-hydrogen) atoms. The standard InChI is InChI=1S/C9H21N3/c1-5-11(3)7-6-8-12(4)9(2)10/h10H,5-8H2,1-4H3. The molecule has 0 unspecified atom stereocenters. The Hall–Kier alpha value is -0.570. The Morgan fingerprint density at radius 1 is 1.25 bits per heavy atom. The predicted molar refractivity (Wildman–Crippen MR) is 53.8 cm³/mol. The molecule has 72 valence electrons. The second-order valence-corrected chi connectivity index (χ2v) is 3.26. The number of nitrogens with one attached hydrogen (secondary N) is 1. The highest BCUT2D eigenvalue weighted by Gasteiger charge is 1.99. The third-order valence-electron chi connectivity index (χ3n) is 2.15. The lowest BCUT2D eigenvalue weighted by Crippen LogP contribution is -2.28. The van der Waals surface area contributed by atoms with Crippen LogP contribution in [0.25, 0.3) is 0 Å². The molecule has 3 heteroatoms. The van der Waals surface area contributed by atoms with E-state index in [1.165, 1.54) is 0 Å². The van der Waals surface area contributed by atoms with E-state index in [0.717, 1.165) is 26.1 Å². The van der Waals surface area contributed by atoms with Crippen LogP contribution in [0.5, 0.6) is 0 Å². The lowest BCUT2D eigenvalue weighted by molar-refractivity contribution is 0.329. The number of hydrogen-bond acceptors (Lipinski definition) is 2. The molecule has 0 saturated carbocycles. The van der Waals surface area contributed by atoms with E-state index in [9.17, 15) is 0 Å². The van der Waals surface area contributed by atoms with Crippen molar-refractivity contribution in [3.05, 3.63) is 0 Å². The first kappa shape index (κ1) is 11.4. The molecule has 0 aromatic carbocycles. The van der Waals surface area contributed by atoms with Crippen molar-refractivity contribution in [2.24, 2.45) is 0 Å². The highest BCUT2D eigenvalue weighted by molar-refractivity contribution is 5.75. The van der Waals surface area contributed by atoms with Gasteiger partial charge in [0.05, 0.1) is 5.84 Å². The summed E-state index contributed by atoms with van der Waals surface area (Å²) in [5, 5.41) is 7.34. The summed E-state index contributed by atoms with van der Waals surface area (Å²) in [5.41, 5.74) is 0. The highest BCUT2D eigenvalue weighted by atomic mass is 15.1. The zero-order valence-corrected chi connectivity index (χ0v) is 8.72. The topological polar surface area (TPSA) is 30.3 Å². The molecule has 0 atom stereocenters. The molecule has 1 N–H and O–H groups in total. The van der Waals surface area contributed by atoms with Crippen LogP contribution in [0.4, 0.5) is 0 Å². The molecule has 0 rings (SSSR count). The van der Waals surface area contributed by atoms with E-state index in [-0.39, 0.29) is 0 Å². The normalized spacial score (nSPS) is 10.4. The van der Waals surface area contributed by atoms with Crippen molar-refractivity contribution in [3.63, 3.8) is 0 Å². The van der Waals surface area contributed by atoms with Gasteiger partial charge in [-0.05, 0) is 33.5 Å². The van der Waals surface area contributed by atoms with Crippen LogP contribution in [0.1, 0.15) is 20.3 Å². The molecule has 0 aliphatic rings. The third kappa shape index (κ3) is 5.13. The number of hydrogen-bond donors (Lipinski definition) is 1. The molecule has 0 spiro atoms. The van der Waals surface area contributed by atoms with Gasteiger partial charge in [-0.25, -0.2) is 0 Å². The molecule has 0 amide bonds. The quantitative estimate of drug-likeness (QED) is 0.498. The maximum absolute atomic E-state index is 7.34. The van der Waals surface area contributed by atoms with Crippen LogP contribution in [0.15, 0.2) is 0 Å². The Labute approximate surface area is 75.9 Å². The summed E-state index contributed by atoms with van der Waals surface area (Å²) in [7, 11) is 4.09. The minimum atomic E-state index is 0.647. The molecule has 0 aromatic heterocycles. The molecular formula is C9H21N3. The Balaban J connectivity index is 3.37. The van der Waals surface area contributed by atoms with Gasteiger partial charge in [0.1, 0.15) is 0 Å². The first-order valence-electron chi connectivity index (χ1n) is 4.52. The fraction of sp³-hybridized carbons (Fsp3) is 0.889. The van der Waals surface area contributed by atoms with E-state index in [4.69, 9.17) is 5.41 Å². The Bertz CT molecular complexity index is 134. The molecule has 0 aliphatic carbocycles. The van der Waals surface area contributed by atoms with Gasteiger partial charge in [0.15, 0.2) is 0 Å². The summed E-state index contributed by atoms with van der Waals surface area (Å²) < 4.78 is 0. The van der Waals surface area contributed by atoms with Crippen LogP contribution < -0.4 is 0 Å². The SMILES string of the molecule is CCN(C)CCCN(C)C(C)=N. The average molecular weight is 171 g/mol. The van der Waals surface area contributed by atoms with Gasteiger partial charge in [-0.2, -0.15) is 0 Å². The van der Waals surface area contributed by atoms with E-state index >= 15 is 0 Å². The Morgan fingerprint density at radius 3 is 2.25 bits per heavy atom. The zero-order valence-electron chi connectivity index (χ0n) is 8.72. The fourth-order valence-corrected chi connectivity index (χ4v) is 0.904. The fourth-order valence-electron chi connectivity index (χ4n) is 0.904. The second-order valence-electron chi connectivity index (χ2n) is 3.26. The van der Waals surface area contributed by atoms with Gasteiger partial charge in [0.25, 0.3) is 0 Å². The van der Waals surface area contributed by atoms with Gasteiger partial charge >= 0.3 is 0 Å². The monoisotopic (exact) mass is 171 g/mol. The summed E-state index contributed by atoms with van der Waals surface area (Å²) >= 11 is 0. The third-order valence-corrected chi connectivity index (χ3v) is 2.15. The average Bonchev–Trinajstić information content (AvgIpc) is 2.03. The molecule has 0 bridgehead atoms. The van der Waals surface area contributed by atoms with Gasteiger partial charge in [-0.3, -0.25) is 5.41 Å². The maximum atomic E-state index is 7.34. The lowest BCUT2D eigenvalue weighted by atomic mass is 10.3. The molecule has 3 nitrogen and oxygen atoms in total. The number of amidine groups is 1. The van der Waals surface area contributed by atoms with E-state index in [2.05, 4.69) is 18.9 Å². The van der Waals surface area contributed by atoms with Crippen molar-refractivity contribution < 1.29 is 0 Å². The largest absolute Gasteiger partial charge is 0.364 e.